The molecule has 4 rings (SSSR count). The van der Waals surface area contributed by atoms with Crippen molar-refractivity contribution in [3.63, 3.8) is 0 Å². The average Bonchev–Trinajstić information content (AvgIpc) is 3.29. The third kappa shape index (κ3) is 6.89. The Morgan fingerprint density at radius 1 is 1.08 bits per heavy atom. The number of nitrogens with two attached hydrogens (primary N) is 1. The summed E-state index contributed by atoms with van der Waals surface area (Å²) in [6.07, 6.45) is 3.26. The SMILES string of the molecule is CC(C)(C)C(=O)OC/N=C/N=C(N)c1ccc(-c2cccc(CNC3Cc4ccccc4C3)c2)c(F)c1. The topological polar surface area (TPSA) is 89.1 Å². The van der Waals surface area contributed by atoms with Crippen LogP contribution < -0.4 is 11.1 Å². The molecule has 0 saturated carbocycles. The molecule has 0 spiro atoms. The lowest BCUT2D eigenvalue weighted by molar-refractivity contribution is -0.152. The third-order valence-electron chi connectivity index (χ3n) is 6.31. The Morgan fingerprint density at radius 3 is 2.49 bits per heavy atom. The number of hydrogen-bond acceptors (Lipinski definition) is 4. The van der Waals surface area contributed by atoms with Gasteiger partial charge in [-0.3, -0.25) is 4.79 Å². The summed E-state index contributed by atoms with van der Waals surface area (Å²) < 4.78 is 20.1. The number of nitrogens with zero attached hydrogens (tertiary/aromatic N) is 2. The largest absolute Gasteiger partial charge is 0.442 e. The number of aliphatic imine (C=N–C) groups is 2. The lowest BCUT2D eigenvalue weighted by atomic mass is 9.98. The Bertz CT molecular complexity index is 1300. The summed E-state index contributed by atoms with van der Waals surface area (Å²) in [5.41, 5.74) is 11.1. The highest BCUT2D eigenvalue weighted by Crippen LogP contribution is 2.26. The lowest BCUT2D eigenvalue weighted by Crippen LogP contribution is -2.28. The molecule has 0 fully saturated rings. The van der Waals surface area contributed by atoms with Crippen LogP contribution in [0.25, 0.3) is 11.1 Å². The zero-order valence-electron chi connectivity index (χ0n) is 21.5. The molecule has 0 heterocycles. The van der Waals surface area contributed by atoms with E-state index in [1.807, 2.05) is 24.3 Å². The normalized spacial score (nSPS) is 14.2. The van der Waals surface area contributed by atoms with E-state index in [9.17, 15) is 4.79 Å². The van der Waals surface area contributed by atoms with Crippen molar-refractivity contribution in [2.24, 2.45) is 21.1 Å². The summed E-state index contributed by atoms with van der Waals surface area (Å²) in [6, 6.07) is 21.7. The molecule has 0 unspecified atom stereocenters. The number of ether oxygens (including phenoxy) is 1. The molecule has 0 aliphatic heterocycles. The van der Waals surface area contributed by atoms with Gasteiger partial charge < -0.3 is 15.8 Å². The molecule has 3 aromatic carbocycles. The molecule has 192 valence electrons. The molecule has 0 aromatic heterocycles. The van der Waals surface area contributed by atoms with Gasteiger partial charge in [0.1, 0.15) is 18.0 Å². The number of hydrogen-bond donors (Lipinski definition) is 2. The van der Waals surface area contributed by atoms with Crippen LogP contribution in [0.15, 0.2) is 76.7 Å². The minimum absolute atomic E-state index is 0.117. The van der Waals surface area contributed by atoms with Gasteiger partial charge >= 0.3 is 5.97 Å². The van der Waals surface area contributed by atoms with Crippen molar-refractivity contribution in [3.05, 3.63) is 94.8 Å². The van der Waals surface area contributed by atoms with Gasteiger partial charge in [-0.15, -0.1) is 0 Å². The van der Waals surface area contributed by atoms with Gasteiger partial charge in [0, 0.05) is 23.7 Å². The van der Waals surface area contributed by atoms with E-state index in [0.29, 0.717) is 17.2 Å². The molecule has 0 radical (unpaired) electrons. The number of amidine groups is 1. The minimum Gasteiger partial charge on any atom is -0.442 e. The van der Waals surface area contributed by atoms with Crippen LogP contribution in [0.1, 0.15) is 43.0 Å². The molecule has 1 aliphatic carbocycles. The summed E-state index contributed by atoms with van der Waals surface area (Å²) in [7, 11) is 0. The Morgan fingerprint density at radius 2 is 1.81 bits per heavy atom. The molecule has 3 N–H and O–H groups in total. The third-order valence-corrected chi connectivity index (χ3v) is 6.31. The second-order valence-electron chi connectivity index (χ2n) is 10.3. The summed E-state index contributed by atoms with van der Waals surface area (Å²) >= 11 is 0. The molecule has 0 amide bonds. The van der Waals surface area contributed by atoms with E-state index in [2.05, 4.69) is 39.6 Å². The summed E-state index contributed by atoms with van der Waals surface area (Å²) in [4.78, 5) is 19.7. The fourth-order valence-electron chi connectivity index (χ4n) is 4.25. The summed E-state index contributed by atoms with van der Waals surface area (Å²) in [6.45, 7) is 5.85. The van der Waals surface area contributed by atoms with E-state index in [0.717, 1.165) is 30.5 Å². The summed E-state index contributed by atoms with van der Waals surface area (Å²) in [5.74, 6) is -0.627. The van der Waals surface area contributed by atoms with Crippen LogP contribution >= 0.6 is 0 Å². The highest BCUT2D eigenvalue weighted by atomic mass is 19.1. The highest BCUT2D eigenvalue weighted by molar-refractivity contribution is 6.01. The molecule has 3 aromatic rings. The molecular formula is C30H33FN4O2. The van der Waals surface area contributed by atoms with Gasteiger partial charge in [0.05, 0.1) is 5.41 Å². The quantitative estimate of drug-likeness (QED) is 0.258. The molecule has 0 atom stereocenters. The van der Waals surface area contributed by atoms with Gasteiger partial charge in [-0.1, -0.05) is 54.6 Å². The molecular weight excluding hydrogens is 467 g/mol. The summed E-state index contributed by atoms with van der Waals surface area (Å²) in [5, 5.41) is 3.64. The van der Waals surface area contributed by atoms with Gasteiger partial charge in [0.25, 0.3) is 0 Å². The second-order valence-corrected chi connectivity index (χ2v) is 10.3. The van der Waals surface area contributed by atoms with E-state index in [1.165, 1.54) is 23.5 Å². The van der Waals surface area contributed by atoms with E-state index >= 15 is 4.39 Å². The number of halogens is 1. The standard InChI is InChI=1S/C30H33FN4O2/c1-30(2,3)29(36)37-19-33-18-35-28(32)24-11-12-26(27(31)16-24)23-10-6-7-20(13-23)17-34-25-14-21-8-4-5-9-22(21)15-25/h4-13,16,18,25,34H,14-15,17,19H2,1-3H3,(H2,32,33,35). The number of nitrogens with one attached hydrogen (secondary N) is 1. The van der Waals surface area contributed by atoms with Crippen molar-refractivity contribution in [1.29, 1.82) is 0 Å². The fourth-order valence-corrected chi connectivity index (χ4v) is 4.25. The molecule has 6 nitrogen and oxygen atoms in total. The number of carbonyl (C=O) groups excluding carboxylic acids is 1. The van der Waals surface area contributed by atoms with Gasteiger partial charge in [-0.05, 0) is 68.0 Å². The fraction of sp³-hybridized carbons (Fsp3) is 0.300. The van der Waals surface area contributed by atoms with Gasteiger partial charge in [0.15, 0.2) is 6.73 Å². The first-order valence-corrected chi connectivity index (χ1v) is 12.4. The van der Waals surface area contributed by atoms with Crippen LogP contribution in [0.2, 0.25) is 0 Å². The van der Waals surface area contributed by atoms with Crippen LogP contribution in [0.5, 0.6) is 0 Å². The Labute approximate surface area is 217 Å². The maximum Gasteiger partial charge on any atom is 0.313 e. The van der Waals surface area contributed by atoms with E-state index in [-0.39, 0.29) is 24.4 Å². The van der Waals surface area contributed by atoms with Crippen molar-refractivity contribution < 1.29 is 13.9 Å². The van der Waals surface area contributed by atoms with Crippen LogP contribution in [0.4, 0.5) is 4.39 Å². The van der Waals surface area contributed by atoms with Gasteiger partial charge in [-0.25, -0.2) is 14.4 Å². The first kappa shape index (κ1) is 26.2. The maximum atomic E-state index is 15.0. The Kier molecular flexibility index (Phi) is 8.14. The van der Waals surface area contributed by atoms with Gasteiger partial charge in [-0.2, -0.15) is 0 Å². The lowest BCUT2D eigenvalue weighted by Gasteiger charge is -2.14. The number of fused-ring (bicyclic) bond motifs is 1. The highest BCUT2D eigenvalue weighted by Gasteiger charge is 2.22. The van der Waals surface area contributed by atoms with Crippen LogP contribution in [-0.4, -0.2) is 30.9 Å². The minimum atomic E-state index is -0.602. The van der Waals surface area contributed by atoms with Crippen molar-refractivity contribution >= 4 is 18.1 Å². The predicted octanol–water partition coefficient (Wildman–Crippen LogP) is 5.03. The molecule has 37 heavy (non-hydrogen) atoms. The number of carbonyl (C=O) groups is 1. The smallest absolute Gasteiger partial charge is 0.313 e. The average molecular weight is 501 g/mol. The number of benzene rings is 3. The molecule has 1 aliphatic rings. The first-order chi connectivity index (χ1) is 17.7. The van der Waals surface area contributed by atoms with Crippen LogP contribution in [0, 0.1) is 11.2 Å². The van der Waals surface area contributed by atoms with E-state index < -0.39 is 5.41 Å². The van der Waals surface area contributed by atoms with E-state index in [1.54, 1.807) is 32.9 Å². The molecule has 0 bridgehead atoms. The van der Waals surface area contributed by atoms with Crippen molar-refractivity contribution in [2.45, 2.75) is 46.2 Å². The zero-order valence-corrected chi connectivity index (χ0v) is 21.5. The Hall–Kier alpha value is -3.84. The van der Waals surface area contributed by atoms with Crippen LogP contribution in [-0.2, 0) is 28.9 Å². The van der Waals surface area contributed by atoms with Crippen molar-refractivity contribution in [3.8, 4) is 11.1 Å². The van der Waals surface area contributed by atoms with E-state index in [4.69, 9.17) is 10.5 Å². The first-order valence-electron chi connectivity index (χ1n) is 12.4. The predicted molar refractivity (Wildman–Crippen MR) is 146 cm³/mol. The number of rotatable bonds is 8. The van der Waals surface area contributed by atoms with Crippen molar-refractivity contribution in [2.75, 3.05) is 6.73 Å². The maximum absolute atomic E-state index is 15.0. The molecule has 0 saturated heterocycles. The second kappa shape index (κ2) is 11.5. The van der Waals surface area contributed by atoms with Crippen LogP contribution in [0.3, 0.4) is 0 Å². The van der Waals surface area contributed by atoms with Gasteiger partial charge in [0.2, 0.25) is 0 Å². The Balaban J connectivity index is 1.36. The van der Waals surface area contributed by atoms with Crippen molar-refractivity contribution in [1.82, 2.24) is 5.32 Å². The zero-order chi connectivity index (χ0) is 26.4. The number of esters is 1. The molecule has 7 heteroatoms. The monoisotopic (exact) mass is 500 g/mol.